The van der Waals surface area contributed by atoms with Gasteiger partial charge in [-0.15, -0.1) is 0 Å². The Morgan fingerprint density at radius 2 is 2.00 bits per heavy atom. The average Bonchev–Trinajstić information content (AvgIpc) is 2.52. The summed E-state index contributed by atoms with van der Waals surface area (Å²) in [6, 6.07) is 7.76. The number of carbonyl (C=O) groups is 2. The van der Waals surface area contributed by atoms with Crippen molar-refractivity contribution < 1.29 is 9.59 Å². The number of nitrogens with zero attached hydrogens (tertiary/aromatic N) is 2. The fourth-order valence-corrected chi connectivity index (χ4v) is 3.89. The summed E-state index contributed by atoms with van der Waals surface area (Å²) in [5, 5.41) is 0. The molecular weight excluding hydrogens is 276 g/mol. The van der Waals surface area contributed by atoms with Gasteiger partial charge in [0.1, 0.15) is 0 Å². The summed E-state index contributed by atoms with van der Waals surface area (Å²) in [5.74, 6) is 0.310. The van der Waals surface area contributed by atoms with Crippen LogP contribution in [-0.2, 0) is 4.79 Å². The summed E-state index contributed by atoms with van der Waals surface area (Å²) in [5.41, 5.74) is 1.71. The molecule has 22 heavy (non-hydrogen) atoms. The molecule has 1 atom stereocenters. The van der Waals surface area contributed by atoms with Gasteiger partial charge in [0.15, 0.2) is 0 Å². The van der Waals surface area contributed by atoms with E-state index in [1.54, 1.807) is 0 Å². The number of amides is 2. The molecule has 0 bridgehead atoms. The van der Waals surface area contributed by atoms with Gasteiger partial charge in [0.25, 0.3) is 5.91 Å². The quantitative estimate of drug-likeness (QED) is 0.800. The number of likely N-dealkylation sites (N-methyl/N-ethyl adjacent to an activating group) is 1. The van der Waals surface area contributed by atoms with Gasteiger partial charge in [0.05, 0.1) is 5.54 Å². The molecule has 0 radical (unpaired) electrons. The van der Waals surface area contributed by atoms with Gasteiger partial charge < -0.3 is 9.80 Å². The van der Waals surface area contributed by atoms with Crippen LogP contribution in [0.25, 0.3) is 0 Å². The molecule has 0 aliphatic carbocycles. The van der Waals surface area contributed by atoms with Crippen molar-refractivity contribution in [2.45, 2.75) is 44.6 Å². The molecule has 2 aliphatic rings. The Bertz CT molecular complexity index is 595. The average molecular weight is 300 g/mol. The smallest absolute Gasteiger partial charge is 0.253 e. The first-order chi connectivity index (χ1) is 10.5. The highest BCUT2D eigenvalue weighted by Gasteiger charge is 2.44. The summed E-state index contributed by atoms with van der Waals surface area (Å²) < 4.78 is 0. The maximum atomic E-state index is 12.8. The van der Waals surface area contributed by atoms with Gasteiger partial charge >= 0.3 is 0 Å². The molecule has 4 nitrogen and oxygen atoms in total. The highest BCUT2D eigenvalue weighted by molar-refractivity contribution is 5.94. The van der Waals surface area contributed by atoms with Crippen molar-refractivity contribution >= 4 is 11.8 Å². The molecule has 1 unspecified atom stereocenters. The molecule has 1 aromatic carbocycles. The van der Waals surface area contributed by atoms with Crippen molar-refractivity contribution in [2.24, 2.45) is 0 Å². The molecule has 2 aliphatic heterocycles. The van der Waals surface area contributed by atoms with Crippen molar-refractivity contribution in [1.29, 1.82) is 0 Å². The summed E-state index contributed by atoms with van der Waals surface area (Å²) in [4.78, 5) is 28.7. The first-order valence-corrected chi connectivity index (χ1v) is 8.14. The lowest BCUT2D eigenvalue weighted by Crippen LogP contribution is -2.61. The molecule has 3 rings (SSSR count). The Balaban J connectivity index is 1.81. The number of hydrogen-bond acceptors (Lipinski definition) is 2. The fraction of sp³-hybridized carbons (Fsp3) is 0.556. The lowest BCUT2D eigenvalue weighted by molar-refractivity contribution is -0.142. The number of benzene rings is 1. The Labute approximate surface area is 132 Å². The van der Waals surface area contributed by atoms with E-state index in [-0.39, 0.29) is 17.4 Å². The molecule has 2 amide bonds. The minimum Gasteiger partial charge on any atom is -0.338 e. The van der Waals surface area contributed by atoms with E-state index in [0.29, 0.717) is 13.0 Å². The molecule has 0 saturated carbocycles. The van der Waals surface area contributed by atoms with E-state index in [4.69, 9.17) is 0 Å². The second-order valence-electron chi connectivity index (χ2n) is 6.73. The minimum absolute atomic E-state index is 0.0918. The van der Waals surface area contributed by atoms with E-state index >= 15 is 0 Å². The van der Waals surface area contributed by atoms with E-state index in [2.05, 4.69) is 0 Å². The van der Waals surface area contributed by atoms with Crippen LogP contribution in [0, 0.1) is 6.92 Å². The predicted octanol–water partition coefficient (Wildman–Crippen LogP) is 2.61. The topological polar surface area (TPSA) is 40.6 Å². The summed E-state index contributed by atoms with van der Waals surface area (Å²) in [6.45, 7) is 3.46. The molecule has 1 spiro atoms. The van der Waals surface area contributed by atoms with Gasteiger partial charge in [0.2, 0.25) is 5.91 Å². The molecule has 2 saturated heterocycles. The molecule has 1 aromatic rings. The van der Waals surface area contributed by atoms with E-state index in [9.17, 15) is 9.59 Å². The summed E-state index contributed by atoms with van der Waals surface area (Å²) in [7, 11) is 1.90. The fourth-order valence-electron chi connectivity index (χ4n) is 3.89. The third-order valence-corrected chi connectivity index (χ3v) is 5.23. The van der Waals surface area contributed by atoms with Crippen molar-refractivity contribution in [3.05, 3.63) is 35.4 Å². The van der Waals surface area contributed by atoms with Crippen LogP contribution in [0.1, 0.15) is 48.0 Å². The number of hydrogen-bond donors (Lipinski definition) is 0. The first-order valence-electron chi connectivity index (χ1n) is 8.14. The normalized spacial score (nSPS) is 25.6. The number of carbonyl (C=O) groups excluding carboxylic acids is 2. The van der Waals surface area contributed by atoms with Crippen LogP contribution in [0.15, 0.2) is 24.3 Å². The van der Waals surface area contributed by atoms with Crippen molar-refractivity contribution in [2.75, 3.05) is 20.1 Å². The molecular formula is C18H24N2O2. The minimum atomic E-state index is -0.146. The zero-order chi connectivity index (χ0) is 15.7. The van der Waals surface area contributed by atoms with Crippen LogP contribution < -0.4 is 0 Å². The van der Waals surface area contributed by atoms with Gasteiger partial charge in [-0.3, -0.25) is 9.59 Å². The monoisotopic (exact) mass is 300 g/mol. The second-order valence-corrected chi connectivity index (χ2v) is 6.73. The number of rotatable bonds is 1. The van der Waals surface area contributed by atoms with Crippen LogP contribution in [0.5, 0.6) is 0 Å². The number of piperidine rings is 2. The van der Waals surface area contributed by atoms with Crippen LogP contribution in [0.4, 0.5) is 0 Å². The third-order valence-electron chi connectivity index (χ3n) is 5.23. The lowest BCUT2D eigenvalue weighted by Gasteiger charge is -2.50. The SMILES string of the molecule is Cc1cccc(C(=O)N2CCCC3(CCCC(=O)N3C)C2)c1. The summed E-state index contributed by atoms with van der Waals surface area (Å²) in [6.07, 6.45) is 4.56. The zero-order valence-corrected chi connectivity index (χ0v) is 13.5. The highest BCUT2D eigenvalue weighted by Crippen LogP contribution is 2.36. The van der Waals surface area contributed by atoms with Gasteiger partial charge in [-0.25, -0.2) is 0 Å². The lowest BCUT2D eigenvalue weighted by atomic mass is 9.80. The van der Waals surface area contributed by atoms with Crippen molar-refractivity contribution in [1.82, 2.24) is 9.80 Å². The molecule has 118 valence electrons. The van der Waals surface area contributed by atoms with E-state index < -0.39 is 0 Å². The molecule has 0 N–H and O–H groups in total. The first kappa shape index (κ1) is 15.1. The van der Waals surface area contributed by atoms with Crippen molar-refractivity contribution in [3.63, 3.8) is 0 Å². The van der Waals surface area contributed by atoms with Crippen LogP contribution in [-0.4, -0.2) is 47.3 Å². The largest absolute Gasteiger partial charge is 0.338 e. The second kappa shape index (κ2) is 5.75. The van der Waals surface area contributed by atoms with Crippen molar-refractivity contribution in [3.8, 4) is 0 Å². The molecule has 2 fully saturated rings. The van der Waals surface area contributed by atoms with Gasteiger partial charge in [-0.05, 0) is 44.7 Å². The van der Waals surface area contributed by atoms with Gasteiger partial charge in [-0.1, -0.05) is 17.7 Å². The van der Waals surface area contributed by atoms with Crippen LogP contribution in [0.2, 0.25) is 0 Å². The number of likely N-dealkylation sites (tertiary alicyclic amines) is 2. The van der Waals surface area contributed by atoms with E-state index in [1.165, 1.54) is 0 Å². The summed E-state index contributed by atoms with van der Waals surface area (Å²) >= 11 is 0. The van der Waals surface area contributed by atoms with Gasteiger partial charge in [0, 0.05) is 32.1 Å². The molecule has 0 aromatic heterocycles. The third kappa shape index (κ3) is 2.62. The Morgan fingerprint density at radius 1 is 1.23 bits per heavy atom. The Kier molecular flexibility index (Phi) is 3.94. The maximum Gasteiger partial charge on any atom is 0.253 e. The zero-order valence-electron chi connectivity index (χ0n) is 13.5. The van der Waals surface area contributed by atoms with Crippen LogP contribution >= 0.6 is 0 Å². The van der Waals surface area contributed by atoms with Crippen LogP contribution in [0.3, 0.4) is 0 Å². The van der Waals surface area contributed by atoms with E-state index in [1.807, 2.05) is 48.0 Å². The standard InChI is InChI=1S/C18H24N2O2/c1-14-6-3-7-15(12-14)17(22)20-11-5-10-18(13-20)9-4-8-16(21)19(18)2/h3,6-7,12H,4-5,8-11,13H2,1-2H3. The van der Waals surface area contributed by atoms with E-state index in [0.717, 1.165) is 43.4 Å². The maximum absolute atomic E-state index is 12.8. The molecule has 4 heteroatoms. The predicted molar refractivity (Wildman–Crippen MR) is 85.7 cm³/mol. The Hall–Kier alpha value is -1.84. The molecule has 2 heterocycles. The Morgan fingerprint density at radius 3 is 2.77 bits per heavy atom. The highest BCUT2D eigenvalue weighted by atomic mass is 16.2. The number of aryl methyl sites for hydroxylation is 1. The van der Waals surface area contributed by atoms with Gasteiger partial charge in [-0.2, -0.15) is 0 Å².